The van der Waals surface area contributed by atoms with E-state index >= 15 is 0 Å². The highest BCUT2D eigenvalue weighted by atomic mass is 28.3. The second-order valence-corrected chi connectivity index (χ2v) is 18.3. The lowest BCUT2D eigenvalue weighted by Gasteiger charge is -2.35. The fraction of sp³-hybridized carbons (Fsp3) is 0. The topological polar surface area (TPSA) is 8.17 Å². The molecule has 10 rings (SSSR count). The number of fused-ring (bicyclic) bond motifs is 3. The van der Waals surface area contributed by atoms with E-state index in [-0.39, 0.29) is 0 Å². The van der Waals surface area contributed by atoms with Gasteiger partial charge in [-0.05, 0) is 98.6 Å². The van der Waals surface area contributed by atoms with Crippen LogP contribution < -0.4 is 25.6 Å². The van der Waals surface area contributed by atoms with Crippen molar-refractivity contribution < 1.29 is 0 Å². The van der Waals surface area contributed by atoms with E-state index in [1.54, 1.807) is 0 Å². The Morgan fingerprint density at radius 1 is 0.298 bits per heavy atom. The van der Waals surface area contributed by atoms with E-state index < -0.39 is 8.07 Å². The van der Waals surface area contributed by atoms with E-state index in [0.717, 1.165) is 22.7 Å². The van der Waals surface area contributed by atoms with Crippen molar-refractivity contribution in [1.82, 2.24) is 4.57 Å². The summed E-state index contributed by atoms with van der Waals surface area (Å²) in [5, 5.41) is 7.84. The van der Waals surface area contributed by atoms with E-state index in [1.807, 2.05) is 0 Å². The summed E-state index contributed by atoms with van der Waals surface area (Å²) in [5.41, 5.74) is 9.35. The molecule has 3 heteroatoms. The highest BCUT2D eigenvalue weighted by molar-refractivity contribution is 7.20. The lowest BCUT2D eigenvalue weighted by atomic mass is 10.0. The molecule has 0 unspecified atom stereocenters. The third kappa shape index (κ3) is 6.06. The molecule has 0 saturated heterocycles. The van der Waals surface area contributed by atoms with Gasteiger partial charge in [-0.15, -0.1) is 0 Å². The molecule has 0 aliphatic carbocycles. The van der Waals surface area contributed by atoms with Gasteiger partial charge in [-0.1, -0.05) is 176 Å². The highest BCUT2D eigenvalue weighted by Crippen LogP contribution is 2.36. The molecule has 57 heavy (non-hydrogen) atoms. The lowest BCUT2D eigenvalue weighted by molar-refractivity contribution is 1.18. The van der Waals surface area contributed by atoms with Crippen molar-refractivity contribution in [3.05, 3.63) is 243 Å². The molecule has 0 saturated carbocycles. The van der Waals surface area contributed by atoms with Crippen molar-refractivity contribution in [2.24, 2.45) is 0 Å². The van der Waals surface area contributed by atoms with Crippen LogP contribution in [0, 0.1) is 0 Å². The van der Waals surface area contributed by atoms with E-state index in [4.69, 9.17) is 0 Å². The van der Waals surface area contributed by atoms with E-state index in [2.05, 4.69) is 252 Å². The molecule has 1 aromatic heterocycles. The van der Waals surface area contributed by atoms with Gasteiger partial charge in [-0.3, -0.25) is 0 Å². The summed E-state index contributed by atoms with van der Waals surface area (Å²) < 4.78 is 2.43. The maximum absolute atomic E-state index is 2.97. The number of rotatable bonds is 9. The number of hydrogen-bond donors (Lipinski definition) is 0. The average Bonchev–Trinajstić information content (AvgIpc) is 3.62. The zero-order valence-electron chi connectivity index (χ0n) is 31.5. The molecule has 2 nitrogen and oxygen atoms in total. The molecular weight excluding hydrogens is 705 g/mol. The summed E-state index contributed by atoms with van der Waals surface area (Å²) in [7, 11) is -2.97. The van der Waals surface area contributed by atoms with Crippen LogP contribution in [0.15, 0.2) is 243 Å². The Morgan fingerprint density at radius 3 is 1.32 bits per heavy atom. The van der Waals surface area contributed by atoms with Crippen LogP contribution in [0.5, 0.6) is 0 Å². The van der Waals surface area contributed by atoms with Crippen molar-refractivity contribution >= 4 is 67.7 Å². The van der Waals surface area contributed by atoms with E-state index in [1.165, 1.54) is 53.7 Å². The number of aromatic nitrogens is 1. The molecule has 1 heterocycles. The number of nitrogens with zero attached hydrogens (tertiary/aromatic N) is 2. The molecular formula is C54H40N2Si. The monoisotopic (exact) mass is 744 g/mol. The summed E-state index contributed by atoms with van der Waals surface area (Å²) >= 11 is 0. The van der Waals surface area contributed by atoms with Gasteiger partial charge in [0.05, 0.1) is 11.0 Å². The Kier molecular flexibility index (Phi) is 8.90. The molecule has 0 amide bonds. The predicted octanol–water partition coefficient (Wildman–Crippen LogP) is 11.3. The van der Waals surface area contributed by atoms with E-state index in [0.29, 0.717) is 0 Å². The minimum Gasteiger partial charge on any atom is -0.311 e. The number of hydrogen-bond acceptors (Lipinski definition) is 1. The zero-order chi connectivity index (χ0) is 38.0. The highest BCUT2D eigenvalue weighted by Gasteiger charge is 2.42. The van der Waals surface area contributed by atoms with Crippen molar-refractivity contribution in [3.63, 3.8) is 0 Å². The number of anilines is 3. The summed E-state index contributed by atoms with van der Waals surface area (Å²) in [4.78, 5) is 2.38. The quantitative estimate of drug-likeness (QED) is 0.106. The maximum Gasteiger partial charge on any atom is 0.179 e. The number of benzene rings is 9. The largest absolute Gasteiger partial charge is 0.311 e. The Labute approximate surface area is 335 Å². The first-order valence-corrected chi connectivity index (χ1v) is 21.6. The van der Waals surface area contributed by atoms with Gasteiger partial charge in [0.25, 0.3) is 0 Å². The second kappa shape index (κ2) is 14.8. The second-order valence-electron chi connectivity index (χ2n) is 14.5. The normalized spacial score (nSPS) is 11.5. The maximum atomic E-state index is 2.52. The van der Waals surface area contributed by atoms with Crippen LogP contribution >= 0.6 is 0 Å². The predicted molar refractivity (Wildman–Crippen MR) is 245 cm³/mol. The molecule has 9 aromatic carbocycles. The Morgan fingerprint density at radius 2 is 0.737 bits per heavy atom. The Balaban J connectivity index is 1.28. The van der Waals surface area contributed by atoms with Crippen LogP contribution in [0.3, 0.4) is 0 Å². The average molecular weight is 745 g/mol. The first-order chi connectivity index (χ1) is 28.3. The molecule has 0 spiro atoms. The minimum atomic E-state index is -2.97. The van der Waals surface area contributed by atoms with Gasteiger partial charge < -0.3 is 9.47 Å². The summed E-state index contributed by atoms with van der Waals surface area (Å²) in [6.45, 7) is 0. The fourth-order valence-electron chi connectivity index (χ4n) is 8.78. The third-order valence-electron chi connectivity index (χ3n) is 11.3. The van der Waals surface area contributed by atoms with Gasteiger partial charge in [-0.2, -0.15) is 0 Å². The zero-order valence-corrected chi connectivity index (χ0v) is 32.5. The SMILES string of the molecule is c1ccc(-c2ccc3c(c2)c2cc([Si](c4ccccc4)(c4ccccc4)c4cccc(N(c5ccccc5)c5ccccc5)c4)ccc2n3-c2ccccc2)cc1. The van der Waals surface area contributed by atoms with Gasteiger partial charge in [0.15, 0.2) is 8.07 Å². The molecule has 0 fully saturated rings. The van der Waals surface area contributed by atoms with Crippen LogP contribution in [0.2, 0.25) is 0 Å². The number of para-hydroxylation sites is 3. The smallest absolute Gasteiger partial charge is 0.179 e. The van der Waals surface area contributed by atoms with Crippen molar-refractivity contribution in [2.75, 3.05) is 4.90 Å². The molecule has 0 aliphatic heterocycles. The lowest BCUT2D eigenvalue weighted by Crippen LogP contribution is -2.74. The van der Waals surface area contributed by atoms with Crippen LogP contribution in [-0.2, 0) is 0 Å². The van der Waals surface area contributed by atoms with Crippen molar-refractivity contribution in [2.45, 2.75) is 0 Å². The van der Waals surface area contributed by atoms with Crippen LogP contribution in [-0.4, -0.2) is 12.6 Å². The minimum absolute atomic E-state index is 1.12. The van der Waals surface area contributed by atoms with Gasteiger partial charge in [0.2, 0.25) is 0 Å². The molecule has 0 radical (unpaired) electrons. The standard InChI is InChI=1S/C54H40N2Si/c1-7-20-41(21-8-1)42-34-36-53-51(38-42)52-40-50(35-37-54(52)56(53)45-26-13-4-14-27-45)57(47-29-15-5-16-30-47,48-31-17-6-18-32-48)49-33-19-28-46(39-49)55(43-22-9-2-10-23-43)44-24-11-3-12-25-44/h1-40H. The molecule has 10 aromatic rings. The summed E-state index contributed by atoms with van der Waals surface area (Å²) in [6, 6.07) is 89.0. The van der Waals surface area contributed by atoms with Crippen LogP contribution in [0.25, 0.3) is 38.6 Å². The first-order valence-electron chi connectivity index (χ1n) is 19.6. The Bertz CT molecular complexity index is 2850. The molecule has 0 aliphatic rings. The summed E-state index contributed by atoms with van der Waals surface area (Å²) in [5.74, 6) is 0. The first kappa shape index (κ1) is 34.3. The third-order valence-corrected chi connectivity index (χ3v) is 16.1. The molecule has 270 valence electrons. The molecule has 0 atom stereocenters. The fourth-order valence-corrected chi connectivity index (χ4v) is 13.6. The molecule has 0 N–H and O–H groups in total. The van der Waals surface area contributed by atoms with Crippen molar-refractivity contribution in [3.8, 4) is 16.8 Å². The van der Waals surface area contributed by atoms with Crippen molar-refractivity contribution in [1.29, 1.82) is 0 Å². The van der Waals surface area contributed by atoms with Gasteiger partial charge in [-0.25, -0.2) is 0 Å². The van der Waals surface area contributed by atoms with Gasteiger partial charge >= 0.3 is 0 Å². The van der Waals surface area contributed by atoms with Gasteiger partial charge in [0, 0.05) is 33.5 Å². The van der Waals surface area contributed by atoms with Gasteiger partial charge in [0.1, 0.15) is 0 Å². The molecule has 0 bridgehead atoms. The van der Waals surface area contributed by atoms with Crippen LogP contribution in [0.4, 0.5) is 17.1 Å². The van der Waals surface area contributed by atoms with Crippen LogP contribution in [0.1, 0.15) is 0 Å². The summed E-state index contributed by atoms with van der Waals surface area (Å²) in [6.07, 6.45) is 0. The Hall–Kier alpha value is -7.20. The van der Waals surface area contributed by atoms with E-state index in [9.17, 15) is 0 Å².